The zero-order valence-corrected chi connectivity index (χ0v) is 26.7. The lowest BCUT2D eigenvalue weighted by Crippen LogP contribution is -2.67. The monoisotopic (exact) mass is 558 g/mol. The Hall–Kier alpha value is -2.43. The predicted molar refractivity (Wildman–Crippen MR) is 169 cm³/mol. The van der Waals surface area contributed by atoms with Crippen molar-refractivity contribution in [3.8, 4) is 0 Å². The van der Waals surface area contributed by atoms with Crippen LogP contribution in [0.15, 0.2) is 84.5 Å². The number of esters is 1. The Labute approximate surface area is 244 Å². The lowest BCUT2D eigenvalue weighted by Gasteiger charge is -2.47. The molecule has 2 aliphatic rings. The van der Waals surface area contributed by atoms with Crippen molar-refractivity contribution in [3.63, 3.8) is 0 Å². The zero-order valence-electron chi connectivity index (χ0n) is 25.7. The lowest BCUT2D eigenvalue weighted by molar-refractivity contribution is -0.147. The molecule has 0 amide bonds. The van der Waals surface area contributed by atoms with Crippen LogP contribution >= 0.6 is 0 Å². The van der Waals surface area contributed by atoms with Crippen LogP contribution in [0.3, 0.4) is 0 Å². The van der Waals surface area contributed by atoms with Crippen LogP contribution < -0.4 is 10.4 Å². The molecule has 4 heteroatoms. The molecule has 40 heavy (non-hydrogen) atoms. The van der Waals surface area contributed by atoms with Crippen molar-refractivity contribution < 1.29 is 14.0 Å². The SMILES string of the molecule is CC(=O)O[C@@H]1C/C=C\C[C@@H](O[Si](c2ccccc2)(c2ccccc2)C(C)(C)C)C[C@H]2C(C)=CC[C@H](C(C)C)[C@H]2C1. The Bertz CT molecular complexity index is 1120. The van der Waals surface area contributed by atoms with Gasteiger partial charge in [0.15, 0.2) is 0 Å². The second kappa shape index (κ2) is 13.0. The van der Waals surface area contributed by atoms with Crippen molar-refractivity contribution in [1.29, 1.82) is 0 Å². The van der Waals surface area contributed by atoms with E-state index in [2.05, 4.69) is 120 Å². The molecule has 2 aromatic rings. The van der Waals surface area contributed by atoms with Crippen molar-refractivity contribution in [1.82, 2.24) is 0 Å². The normalized spacial score (nSPS) is 26.9. The third-order valence-electron chi connectivity index (χ3n) is 9.33. The van der Waals surface area contributed by atoms with Crippen LogP contribution in [-0.4, -0.2) is 26.5 Å². The van der Waals surface area contributed by atoms with Gasteiger partial charge in [-0.2, -0.15) is 0 Å². The number of allylic oxidation sites excluding steroid dienone is 2. The van der Waals surface area contributed by atoms with E-state index < -0.39 is 8.32 Å². The van der Waals surface area contributed by atoms with E-state index in [1.165, 1.54) is 15.9 Å². The Kier molecular flexibility index (Phi) is 9.95. The average Bonchev–Trinajstić information content (AvgIpc) is 2.91. The van der Waals surface area contributed by atoms with Crippen molar-refractivity contribution in [2.75, 3.05) is 0 Å². The summed E-state index contributed by atoms with van der Waals surface area (Å²) in [7, 11) is -2.68. The molecule has 0 spiro atoms. The third kappa shape index (κ3) is 6.71. The molecular formula is C36H50O3Si. The summed E-state index contributed by atoms with van der Waals surface area (Å²) in [6.07, 6.45) is 11.6. The molecule has 5 atom stereocenters. The molecule has 0 radical (unpaired) electrons. The first-order valence-electron chi connectivity index (χ1n) is 15.3. The second-order valence-corrected chi connectivity index (χ2v) is 17.7. The molecular weight excluding hydrogens is 508 g/mol. The number of hydrogen-bond donors (Lipinski definition) is 0. The third-order valence-corrected chi connectivity index (χ3v) is 14.4. The largest absolute Gasteiger partial charge is 0.462 e. The van der Waals surface area contributed by atoms with Crippen molar-refractivity contribution in [2.24, 2.45) is 23.7 Å². The van der Waals surface area contributed by atoms with E-state index in [1.54, 1.807) is 6.92 Å². The molecule has 0 bridgehead atoms. The second-order valence-electron chi connectivity index (χ2n) is 13.4. The van der Waals surface area contributed by atoms with E-state index in [0.29, 0.717) is 23.7 Å². The van der Waals surface area contributed by atoms with E-state index in [9.17, 15) is 4.79 Å². The van der Waals surface area contributed by atoms with Gasteiger partial charge in [0, 0.05) is 19.4 Å². The van der Waals surface area contributed by atoms with Gasteiger partial charge in [0.05, 0.1) is 0 Å². The number of carbonyl (C=O) groups excluding carboxylic acids is 1. The minimum Gasteiger partial charge on any atom is -0.462 e. The Morgan fingerprint density at radius 3 is 1.90 bits per heavy atom. The molecule has 2 aliphatic carbocycles. The first-order chi connectivity index (χ1) is 19.0. The quantitative estimate of drug-likeness (QED) is 0.206. The van der Waals surface area contributed by atoms with Gasteiger partial charge < -0.3 is 9.16 Å². The maximum absolute atomic E-state index is 12.0. The first kappa shape index (κ1) is 30.5. The highest BCUT2D eigenvalue weighted by atomic mass is 28.4. The first-order valence-corrected chi connectivity index (χ1v) is 17.2. The highest BCUT2D eigenvalue weighted by Gasteiger charge is 2.52. The summed E-state index contributed by atoms with van der Waals surface area (Å²) in [5, 5.41) is 2.60. The van der Waals surface area contributed by atoms with Gasteiger partial charge in [-0.05, 0) is 71.7 Å². The Balaban J connectivity index is 1.80. The number of carbonyl (C=O) groups is 1. The summed E-state index contributed by atoms with van der Waals surface area (Å²) in [6, 6.07) is 22.0. The zero-order chi connectivity index (χ0) is 28.9. The summed E-state index contributed by atoms with van der Waals surface area (Å²) >= 11 is 0. The van der Waals surface area contributed by atoms with Crippen molar-refractivity contribution in [2.45, 2.75) is 97.8 Å². The molecule has 0 saturated heterocycles. The fraction of sp³-hybridized carbons (Fsp3) is 0.528. The Morgan fingerprint density at radius 2 is 1.40 bits per heavy atom. The standard InChI is InChI=1S/C36H50O3Si/c1-26(2)33-23-22-27(3)34-25-30(17-15-14-16-29(24-35(33)34)38-28(4)37)39-40(36(5,6)7,31-18-10-8-11-19-31)32-20-12-9-13-21-32/h8-15,18-22,26,29-30,33-35H,16-17,23-25H2,1-7H3/b15-14-/t29-,30-,33-,34+,35-/m1/s1. The maximum atomic E-state index is 12.0. The lowest BCUT2D eigenvalue weighted by atomic mass is 9.64. The topological polar surface area (TPSA) is 35.5 Å². The van der Waals surface area contributed by atoms with E-state index in [1.807, 2.05) is 0 Å². The maximum Gasteiger partial charge on any atom is 0.302 e. The van der Waals surface area contributed by atoms with Crippen LogP contribution in [0.5, 0.6) is 0 Å². The van der Waals surface area contributed by atoms with Gasteiger partial charge in [0.25, 0.3) is 8.32 Å². The summed E-state index contributed by atoms with van der Waals surface area (Å²) in [6.45, 7) is 15.7. The van der Waals surface area contributed by atoms with E-state index >= 15 is 0 Å². The molecule has 0 fully saturated rings. The molecule has 216 valence electrons. The van der Waals surface area contributed by atoms with Gasteiger partial charge in [0.1, 0.15) is 6.10 Å². The number of ether oxygens (including phenoxy) is 1. The molecule has 0 saturated carbocycles. The molecule has 3 nitrogen and oxygen atoms in total. The van der Waals surface area contributed by atoms with Gasteiger partial charge in [-0.1, -0.05) is 119 Å². The predicted octanol–water partition coefficient (Wildman–Crippen LogP) is 7.85. The minimum absolute atomic E-state index is 0.0630. The smallest absolute Gasteiger partial charge is 0.302 e. The molecule has 2 aromatic carbocycles. The highest BCUT2D eigenvalue weighted by molar-refractivity contribution is 6.99. The van der Waals surface area contributed by atoms with Gasteiger partial charge in [0.2, 0.25) is 0 Å². The van der Waals surface area contributed by atoms with Gasteiger partial charge in [-0.3, -0.25) is 4.79 Å². The van der Waals surface area contributed by atoms with E-state index in [0.717, 1.165) is 32.1 Å². The van der Waals surface area contributed by atoms with Crippen molar-refractivity contribution in [3.05, 3.63) is 84.5 Å². The van der Waals surface area contributed by atoms with Crippen LogP contribution in [-0.2, 0) is 14.0 Å². The minimum atomic E-state index is -2.68. The highest BCUT2D eigenvalue weighted by Crippen LogP contribution is 2.46. The molecule has 4 rings (SSSR count). The number of rotatable bonds is 6. The van der Waals surface area contributed by atoms with Crippen LogP contribution in [0.25, 0.3) is 0 Å². The number of benzene rings is 2. The molecule has 0 unspecified atom stereocenters. The van der Waals surface area contributed by atoms with E-state index in [-0.39, 0.29) is 23.2 Å². The fourth-order valence-corrected chi connectivity index (χ4v) is 12.1. The number of fused-ring (bicyclic) bond motifs is 1. The summed E-state index contributed by atoms with van der Waals surface area (Å²) in [4.78, 5) is 12.0. The summed E-state index contributed by atoms with van der Waals surface area (Å²) in [5.74, 6) is 1.84. The van der Waals surface area contributed by atoms with Gasteiger partial charge >= 0.3 is 5.97 Å². The van der Waals surface area contributed by atoms with Crippen LogP contribution in [0.4, 0.5) is 0 Å². The van der Waals surface area contributed by atoms with Crippen LogP contribution in [0.2, 0.25) is 5.04 Å². The summed E-state index contributed by atoms with van der Waals surface area (Å²) < 4.78 is 13.6. The number of hydrogen-bond acceptors (Lipinski definition) is 3. The van der Waals surface area contributed by atoms with Gasteiger partial charge in [-0.15, -0.1) is 0 Å². The van der Waals surface area contributed by atoms with Gasteiger partial charge in [-0.25, -0.2) is 0 Å². The Morgan fingerprint density at radius 1 is 0.850 bits per heavy atom. The van der Waals surface area contributed by atoms with Crippen LogP contribution in [0, 0.1) is 23.7 Å². The molecule has 0 heterocycles. The average molecular weight is 559 g/mol. The van der Waals surface area contributed by atoms with Crippen molar-refractivity contribution >= 4 is 24.7 Å². The molecule has 0 aromatic heterocycles. The molecule has 0 N–H and O–H groups in total. The molecule has 0 aliphatic heterocycles. The van der Waals surface area contributed by atoms with Crippen LogP contribution in [0.1, 0.15) is 80.6 Å². The summed E-state index contributed by atoms with van der Waals surface area (Å²) in [5.41, 5.74) is 1.48. The fourth-order valence-electron chi connectivity index (χ4n) is 7.39. The van der Waals surface area contributed by atoms with E-state index in [4.69, 9.17) is 9.16 Å².